The number of carboxylic acid groups (broad SMARTS) is 1. The van der Waals surface area contributed by atoms with E-state index in [0.29, 0.717) is 0 Å². The summed E-state index contributed by atoms with van der Waals surface area (Å²) in [6.07, 6.45) is 6.18. The minimum atomic E-state index is -0.648. The molecule has 0 spiro atoms. The smallest absolute Gasteiger partial charge is 0.306 e. The van der Waals surface area contributed by atoms with Crippen LogP contribution in [0.15, 0.2) is 0 Å². The number of carbonyl (C=O) groups is 1. The van der Waals surface area contributed by atoms with E-state index in [4.69, 9.17) is 5.11 Å². The summed E-state index contributed by atoms with van der Waals surface area (Å²) in [7, 11) is 0. The molecule has 0 bridgehead atoms. The first kappa shape index (κ1) is 12.5. The number of hydrogen-bond donors (Lipinski definition) is 2. The van der Waals surface area contributed by atoms with E-state index in [0.717, 1.165) is 44.9 Å². The van der Waals surface area contributed by atoms with E-state index >= 15 is 0 Å². The van der Waals surface area contributed by atoms with E-state index in [2.05, 4.69) is 0 Å². The summed E-state index contributed by atoms with van der Waals surface area (Å²) in [6, 6.07) is 0. The molecule has 0 aromatic rings. The third-order valence-electron chi connectivity index (χ3n) is 3.57. The fraction of sp³-hybridized carbons (Fsp3) is 0.917. The number of aliphatic hydroxyl groups is 1. The molecule has 0 radical (unpaired) electrons. The highest BCUT2D eigenvalue weighted by Gasteiger charge is 2.30. The molecule has 0 amide bonds. The minimum absolute atomic E-state index is 0.164. The van der Waals surface area contributed by atoms with Crippen molar-refractivity contribution in [3.63, 3.8) is 0 Å². The molecule has 3 nitrogen and oxygen atoms in total. The normalized spacial score (nSPS) is 28.7. The van der Waals surface area contributed by atoms with E-state index < -0.39 is 5.97 Å². The van der Waals surface area contributed by atoms with Gasteiger partial charge in [0.15, 0.2) is 0 Å². The average molecular weight is 214 g/mol. The summed E-state index contributed by atoms with van der Waals surface area (Å²) >= 11 is 0. The lowest BCUT2D eigenvalue weighted by Gasteiger charge is -2.29. The van der Waals surface area contributed by atoms with Crippen molar-refractivity contribution in [1.82, 2.24) is 0 Å². The van der Waals surface area contributed by atoms with Crippen LogP contribution in [0.3, 0.4) is 0 Å². The van der Waals surface area contributed by atoms with Crippen molar-refractivity contribution in [2.45, 2.75) is 58.0 Å². The molecular weight excluding hydrogens is 192 g/mol. The van der Waals surface area contributed by atoms with Crippen molar-refractivity contribution >= 4 is 5.97 Å². The molecule has 88 valence electrons. The Balaban J connectivity index is 2.39. The van der Waals surface area contributed by atoms with Crippen LogP contribution in [0, 0.1) is 11.8 Å². The molecule has 0 saturated heterocycles. The molecule has 2 N–H and O–H groups in total. The zero-order chi connectivity index (χ0) is 11.3. The predicted octanol–water partition coefficient (Wildman–Crippen LogP) is 2.43. The molecular formula is C12H22O3. The van der Waals surface area contributed by atoms with Crippen LogP contribution in [0.25, 0.3) is 0 Å². The van der Waals surface area contributed by atoms with Crippen LogP contribution in [0.4, 0.5) is 0 Å². The third kappa shape index (κ3) is 3.82. The first-order chi connectivity index (χ1) is 7.15. The summed E-state index contributed by atoms with van der Waals surface area (Å²) < 4.78 is 0. The number of aliphatic carboxylic acids is 1. The van der Waals surface area contributed by atoms with Gasteiger partial charge < -0.3 is 10.2 Å². The standard InChI is InChI=1S/C12H22O3/c1-2-10(13)8-7-9-5-3-4-6-11(9)12(14)15/h9-11,13H,2-8H2,1H3,(H,14,15). The van der Waals surface area contributed by atoms with Gasteiger partial charge in [0.25, 0.3) is 0 Å². The number of rotatable bonds is 5. The van der Waals surface area contributed by atoms with Crippen LogP contribution in [0.2, 0.25) is 0 Å². The highest BCUT2D eigenvalue weighted by Crippen LogP contribution is 2.33. The quantitative estimate of drug-likeness (QED) is 0.739. The van der Waals surface area contributed by atoms with E-state index in [-0.39, 0.29) is 17.9 Å². The molecule has 0 heterocycles. The molecule has 15 heavy (non-hydrogen) atoms. The molecule has 1 rings (SSSR count). The second-order valence-electron chi connectivity index (χ2n) is 4.63. The maximum atomic E-state index is 11.0. The third-order valence-corrected chi connectivity index (χ3v) is 3.57. The minimum Gasteiger partial charge on any atom is -0.481 e. The van der Waals surface area contributed by atoms with Gasteiger partial charge >= 0.3 is 5.97 Å². The van der Waals surface area contributed by atoms with Crippen LogP contribution in [-0.2, 0) is 4.79 Å². The fourth-order valence-corrected chi connectivity index (χ4v) is 2.49. The summed E-state index contributed by atoms with van der Waals surface area (Å²) in [5.41, 5.74) is 0. The van der Waals surface area contributed by atoms with Crippen LogP contribution >= 0.6 is 0 Å². The number of aliphatic hydroxyl groups excluding tert-OH is 1. The van der Waals surface area contributed by atoms with Crippen molar-refractivity contribution in [2.75, 3.05) is 0 Å². The lowest BCUT2D eigenvalue weighted by Crippen LogP contribution is -2.27. The van der Waals surface area contributed by atoms with E-state index in [9.17, 15) is 9.90 Å². The average Bonchev–Trinajstić information content (AvgIpc) is 2.26. The Bertz CT molecular complexity index is 203. The number of carboxylic acids is 1. The number of hydrogen-bond acceptors (Lipinski definition) is 2. The van der Waals surface area contributed by atoms with E-state index in [1.54, 1.807) is 0 Å². The Morgan fingerprint density at radius 3 is 2.67 bits per heavy atom. The molecule has 0 aromatic carbocycles. The van der Waals surface area contributed by atoms with Crippen LogP contribution in [0.1, 0.15) is 51.9 Å². The Morgan fingerprint density at radius 1 is 1.40 bits per heavy atom. The summed E-state index contributed by atoms with van der Waals surface area (Å²) in [6.45, 7) is 1.96. The monoisotopic (exact) mass is 214 g/mol. The first-order valence-corrected chi connectivity index (χ1v) is 6.06. The van der Waals surface area contributed by atoms with Crippen LogP contribution < -0.4 is 0 Å². The van der Waals surface area contributed by atoms with Crippen molar-refractivity contribution in [1.29, 1.82) is 0 Å². The highest BCUT2D eigenvalue weighted by molar-refractivity contribution is 5.70. The van der Waals surface area contributed by atoms with Crippen molar-refractivity contribution < 1.29 is 15.0 Å². The molecule has 3 heteroatoms. The second kappa shape index (κ2) is 6.11. The predicted molar refractivity (Wildman–Crippen MR) is 58.6 cm³/mol. The summed E-state index contributed by atoms with van der Waals surface area (Å²) in [5, 5.41) is 18.5. The van der Waals surface area contributed by atoms with Gasteiger partial charge in [0.1, 0.15) is 0 Å². The summed E-state index contributed by atoms with van der Waals surface area (Å²) in [5.74, 6) is -0.522. The first-order valence-electron chi connectivity index (χ1n) is 6.06. The second-order valence-corrected chi connectivity index (χ2v) is 4.63. The van der Waals surface area contributed by atoms with Gasteiger partial charge in [-0.3, -0.25) is 4.79 Å². The van der Waals surface area contributed by atoms with Crippen molar-refractivity contribution in [2.24, 2.45) is 11.8 Å². The Morgan fingerprint density at radius 2 is 2.07 bits per heavy atom. The van der Waals surface area contributed by atoms with Gasteiger partial charge in [-0.1, -0.05) is 19.8 Å². The van der Waals surface area contributed by atoms with Crippen molar-refractivity contribution in [3.8, 4) is 0 Å². The maximum Gasteiger partial charge on any atom is 0.306 e. The zero-order valence-electron chi connectivity index (χ0n) is 9.48. The lowest BCUT2D eigenvalue weighted by molar-refractivity contribution is -0.145. The van der Waals surface area contributed by atoms with Gasteiger partial charge in [-0.2, -0.15) is 0 Å². The van der Waals surface area contributed by atoms with Gasteiger partial charge in [-0.25, -0.2) is 0 Å². The molecule has 0 aliphatic heterocycles. The van der Waals surface area contributed by atoms with Gasteiger partial charge in [-0.15, -0.1) is 0 Å². The van der Waals surface area contributed by atoms with E-state index in [1.807, 2.05) is 6.92 Å². The zero-order valence-corrected chi connectivity index (χ0v) is 9.48. The van der Waals surface area contributed by atoms with Gasteiger partial charge in [0.05, 0.1) is 12.0 Å². The molecule has 1 saturated carbocycles. The Labute approximate surface area is 91.5 Å². The lowest BCUT2D eigenvalue weighted by atomic mass is 9.76. The molecule has 1 aliphatic rings. The van der Waals surface area contributed by atoms with Crippen LogP contribution in [-0.4, -0.2) is 22.3 Å². The SMILES string of the molecule is CCC(O)CCC1CCCCC1C(=O)O. The molecule has 1 aliphatic carbocycles. The van der Waals surface area contributed by atoms with Gasteiger partial charge in [0, 0.05) is 0 Å². The van der Waals surface area contributed by atoms with E-state index in [1.165, 1.54) is 0 Å². The maximum absolute atomic E-state index is 11.0. The Hall–Kier alpha value is -0.570. The fourth-order valence-electron chi connectivity index (χ4n) is 2.49. The molecule has 1 fully saturated rings. The summed E-state index contributed by atoms with van der Waals surface area (Å²) in [4.78, 5) is 11.0. The Kier molecular flexibility index (Phi) is 5.09. The highest BCUT2D eigenvalue weighted by atomic mass is 16.4. The van der Waals surface area contributed by atoms with Gasteiger partial charge in [0.2, 0.25) is 0 Å². The molecule has 3 unspecified atom stereocenters. The molecule has 3 atom stereocenters. The van der Waals surface area contributed by atoms with Gasteiger partial charge in [-0.05, 0) is 38.0 Å². The van der Waals surface area contributed by atoms with Crippen LogP contribution in [0.5, 0.6) is 0 Å². The molecule has 0 aromatic heterocycles. The van der Waals surface area contributed by atoms with Crippen molar-refractivity contribution in [3.05, 3.63) is 0 Å². The topological polar surface area (TPSA) is 57.5 Å². The largest absolute Gasteiger partial charge is 0.481 e.